The SMILES string of the molecule is Cc1cc(C)c2c(c1)N(CN(C)Cc1ccccc1)C(=O)C2=O. The average molecular weight is 308 g/mol. The summed E-state index contributed by atoms with van der Waals surface area (Å²) in [5.41, 5.74) is 4.38. The zero-order chi connectivity index (χ0) is 16.6. The van der Waals surface area contributed by atoms with E-state index in [1.807, 2.05) is 56.1 Å². The van der Waals surface area contributed by atoms with Crippen LogP contribution in [0, 0.1) is 13.8 Å². The van der Waals surface area contributed by atoms with Gasteiger partial charge in [-0.05, 0) is 43.7 Å². The Balaban J connectivity index is 1.84. The van der Waals surface area contributed by atoms with Gasteiger partial charge in [-0.3, -0.25) is 19.4 Å². The number of carbonyl (C=O) groups is 2. The first kappa shape index (κ1) is 15.4. The third-order valence-electron chi connectivity index (χ3n) is 4.09. The minimum absolute atomic E-state index is 0.398. The molecule has 4 heteroatoms. The summed E-state index contributed by atoms with van der Waals surface area (Å²) in [7, 11) is 1.95. The van der Waals surface area contributed by atoms with Crippen LogP contribution in [0.2, 0.25) is 0 Å². The van der Waals surface area contributed by atoms with Gasteiger partial charge in [0, 0.05) is 6.54 Å². The quantitative estimate of drug-likeness (QED) is 0.815. The smallest absolute Gasteiger partial charge is 0.291 e. The fraction of sp³-hybridized carbons (Fsp3) is 0.263. The lowest BCUT2D eigenvalue weighted by molar-refractivity contribution is -0.114. The summed E-state index contributed by atoms with van der Waals surface area (Å²) in [6, 6.07) is 13.9. The molecule has 0 radical (unpaired) electrons. The highest BCUT2D eigenvalue weighted by atomic mass is 16.2. The number of ketones is 1. The number of hydrogen-bond acceptors (Lipinski definition) is 3. The highest BCUT2D eigenvalue weighted by molar-refractivity contribution is 6.52. The van der Waals surface area contributed by atoms with Crippen LogP contribution in [0.4, 0.5) is 5.69 Å². The largest absolute Gasteiger partial charge is 0.300 e. The minimum Gasteiger partial charge on any atom is -0.291 e. The Morgan fingerprint density at radius 2 is 1.74 bits per heavy atom. The number of Topliss-reactive ketones (excluding diaryl/α,β-unsaturated/α-hetero) is 1. The molecule has 2 aromatic rings. The molecule has 0 fully saturated rings. The molecular weight excluding hydrogens is 288 g/mol. The van der Waals surface area contributed by atoms with Gasteiger partial charge in [0.15, 0.2) is 0 Å². The van der Waals surface area contributed by atoms with E-state index in [0.29, 0.717) is 12.2 Å². The van der Waals surface area contributed by atoms with Gasteiger partial charge in [-0.2, -0.15) is 0 Å². The van der Waals surface area contributed by atoms with Crippen molar-refractivity contribution in [3.8, 4) is 0 Å². The number of aryl methyl sites for hydroxylation is 2. The van der Waals surface area contributed by atoms with Gasteiger partial charge in [0.2, 0.25) is 0 Å². The molecule has 1 amide bonds. The standard InChI is InChI=1S/C19H20N2O2/c1-13-9-14(2)17-16(10-13)21(19(23)18(17)22)12-20(3)11-15-7-5-4-6-8-15/h4-10H,11-12H2,1-3H3. The second kappa shape index (κ2) is 5.97. The number of anilines is 1. The molecule has 0 saturated carbocycles. The van der Waals surface area contributed by atoms with Crippen molar-refractivity contribution in [3.05, 3.63) is 64.7 Å². The van der Waals surface area contributed by atoms with Crippen LogP contribution in [0.25, 0.3) is 0 Å². The highest BCUT2D eigenvalue weighted by Crippen LogP contribution is 2.32. The maximum absolute atomic E-state index is 12.4. The Hall–Kier alpha value is -2.46. The summed E-state index contributed by atoms with van der Waals surface area (Å²) in [5, 5.41) is 0. The molecule has 0 atom stereocenters. The number of nitrogens with zero attached hydrogens (tertiary/aromatic N) is 2. The Labute approximate surface area is 136 Å². The lowest BCUT2D eigenvalue weighted by atomic mass is 10.0. The van der Waals surface area contributed by atoms with Crippen LogP contribution < -0.4 is 4.90 Å². The average Bonchev–Trinajstić information content (AvgIpc) is 2.73. The van der Waals surface area contributed by atoms with Crippen molar-refractivity contribution < 1.29 is 9.59 Å². The van der Waals surface area contributed by atoms with E-state index in [0.717, 1.165) is 23.4 Å². The molecule has 0 aliphatic carbocycles. The molecule has 0 N–H and O–H groups in total. The topological polar surface area (TPSA) is 40.6 Å². The van der Waals surface area contributed by atoms with Crippen molar-refractivity contribution in [2.45, 2.75) is 20.4 Å². The zero-order valence-electron chi connectivity index (χ0n) is 13.7. The van der Waals surface area contributed by atoms with Gasteiger partial charge in [-0.1, -0.05) is 36.4 Å². The molecule has 2 aromatic carbocycles. The van der Waals surface area contributed by atoms with E-state index in [9.17, 15) is 9.59 Å². The van der Waals surface area contributed by atoms with Crippen LogP contribution in [-0.4, -0.2) is 30.3 Å². The van der Waals surface area contributed by atoms with Crippen LogP contribution in [-0.2, 0) is 11.3 Å². The first-order valence-electron chi connectivity index (χ1n) is 7.67. The summed E-state index contributed by atoms with van der Waals surface area (Å²) in [4.78, 5) is 28.3. The fourth-order valence-corrected chi connectivity index (χ4v) is 3.12. The zero-order valence-corrected chi connectivity index (χ0v) is 13.7. The molecule has 1 aliphatic rings. The second-order valence-electron chi connectivity index (χ2n) is 6.18. The molecule has 1 heterocycles. The monoisotopic (exact) mass is 308 g/mol. The molecule has 0 saturated heterocycles. The lowest BCUT2D eigenvalue weighted by Gasteiger charge is -2.24. The number of hydrogen-bond donors (Lipinski definition) is 0. The van der Waals surface area contributed by atoms with Gasteiger partial charge < -0.3 is 0 Å². The number of benzene rings is 2. The second-order valence-corrected chi connectivity index (χ2v) is 6.18. The Morgan fingerprint density at radius 1 is 1.04 bits per heavy atom. The minimum atomic E-state index is -0.436. The van der Waals surface area contributed by atoms with Gasteiger partial charge in [-0.15, -0.1) is 0 Å². The van der Waals surface area contributed by atoms with Gasteiger partial charge in [0.1, 0.15) is 0 Å². The molecule has 0 bridgehead atoms. The first-order valence-corrected chi connectivity index (χ1v) is 7.67. The molecule has 1 aliphatic heterocycles. The predicted molar refractivity (Wildman–Crippen MR) is 90.5 cm³/mol. The summed E-state index contributed by atoms with van der Waals surface area (Å²) < 4.78 is 0. The summed E-state index contributed by atoms with van der Waals surface area (Å²) in [5.74, 6) is -0.834. The van der Waals surface area contributed by atoms with E-state index < -0.39 is 11.7 Å². The van der Waals surface area contributed by atoms with E-state index in [2.05, 4.69) is 12.1 Å². The third-order valence-corrected chi connectivity index (χ3v) is 4.09. The maximum atomic E-state index is 12.4. The van der Waals surface area contributed by atoms with Crippen molar-refractivity contribution in [3.63, 3.8) is 0 Å². The molecule has 4 nitrogen and oxygen atoms in total. The number of carbonyl (C=O) groups excluding carboxylic acids is 2. The van der Waals surface area contributed by atoms with Crippen molar-refractivity contribution >= 4 is 17.4 Å². The summed E-state index contributed by atoms with van der Waals surface area (Å²) in [6.45, 7) is 4.98. The van der Waals surface area contributed by atoms with E-state index in [1.165, 1.54) is 5.56 Å². The Morgan fingerprint density at radius 3 is 2.43 bits per heavy atom. The van der Waals surface area contributed by atoms with E-state index in [4.69, 9.17) is 0 Å². The summed E-state index contributed by atoms with van der Waals surface area (Å²) >= 11 is 0. The van der Waals surface area contributed by atoms with E-state index in [1.54, 1.807) is 4.90 Å². The van der Waals surface area contributed by atoms with Gasteiger partial charge >= 0.3 is 5.91 Å². The van der Waals surface area contributed by atoms with Crippen molar-refractivity contribution in [1.29, 1.82) is 0 Å². The molecule has 23 heavy (non-hydrogen) atoms. The number of fused-ring (bicyclic) bond motifs is 1. The van der Waals surface area contributed by atoms with E-state index in [-0.39, 0.29) is 0 Å². The Kier molecular flexibility index (Phi) is 4.01. The summed E-state index contributed by atoms with van der Waals surface area (Å²) in [6.07, 6.45) is 0. The molecule has 118 valence electrons. The molecule has 0 aromatic heterocycles. The highest BCUT2D eigenvalue weighted by Gasteiger charge is 2.37. The predicted octanol–water partition coefficient (Wildman–Crippen LogP) is 2.92. The molecule has 0 spiro atoms. The van der Waals surface area contributed by atoms with Crippen LogP contribution in [0.5, 0.6) is 0 Å². The first-order chi connectivity index (χ1) is 11.0. The van der Waals surface area contributed by atoms with Gasteiger partial charge in [0.05, 0.1) is 17.9 Å². The van der Waals surface area contributed by atoms with Crippen LogP contribution >= 0.6 is 0 Å². The third kappa shape index (κ3) is 2.90. The number of rotatable bonds is 4. The molecule has 0 unspecified atom stereocenters. The normalized spacial score (nSPS) is 13.8. The lowest BCUT2D eigenvalue weighted by Crippen LogP contribution is -2.38. The Bertz CT molecular complexity index is 768. The van der Waals surface area contributed by atoms with Crippen LogP contribution in [0.3, 0.4) is 0 Å². The van der Waals surface area contributed by atoms with E-state index >= 15 is 0 Å². The van der Waals surface area contributed by atoms with Crippen LogP contribution in [0.15, 0.2) is 42.5 Å². The fourth-order valence-electron chi connectivity index (χ4n) is 3.12. The van der Waals surface area contributed by atoms with Gasteiger partial charge in [-0.25, -0.2) is 0 Å². The van der Waals surface area contributed by atoms with Crippen LogP contribution in [0.1, 0.15) is 27.0 Å². The van der Waals surface area contributed by atoms with Crippen molar-refractivity contribution in [2.24, 2.45) is 0 Å². The number of amides is 1. The molecular formula is C19H20N2O2. The van der Waals surface area contributed by atoms with Gasteiger partial charge in [0.25, 0.3) is 5.78 Å². The van der Waals surface area contributed by atoms with Crippen molar-refractivity contribution in [2.75, 3.05) is 18.6 Å². The maximum Gasteiger partial charge on any atom is 0.300 e. The van der Waals surface area contributed by atoms with Crippen molar-refractivity contribution in [1.82, 2.24) is 4.90 Å². The molecule has 3 rings (SSSR count).